The molecule has 1 aliphatic rings. The summed E-state index contributed by atoms with van der Waals surface area (Å²) in [5, 5.41) is 39.5. The SMILES string of the molecule is CC(C)OC(=O)CCCC=CC[C@@H]1[C@@H](CC[C@H](CCc2ccccc2)OC(=O)CCC(=O)OC(CO)CO)[C@H](O)C[C@@H]1O. The summed E-state index contributed by atoms with van der Waals surface area (Å²) in [6.45, 7) is 2.61. The number of ether oxygens (including phenoxy) is 3. The van der Waals surface area contributed by atoms with Crippen molar-refractivity contribution in [2.75, 3.05) is 13.2 Å². The van der Waals surface area contributed by atoms with Crippen LogP contribution in [0.4, 0.5) is 0 Å². The number of esters is 3. The van der Waals surface area contributed by atoms with Crippen LogP contribution in [0.15, 0.2) is 42.5 Å². The second-order valence-electron chi connectivity index (χ2n) is 11.5. The van der Waals surface area contributed by atoms with Crippen molar-refractivity contribution in [2.45, 2.75) is 115 Å². The Morgan fingerprint density at radius 3 is 2.05 bits per heavy atom. The molecule has 10 nitrogen and oxygen atoms in total. The summed E-state index contributed by atoms with van der Waals surface area (Å²) in [6.07, 6.45) is 5.60. The van der Waals surface area contributed by atoms with E-state index in [4.69, 9.17) is 24.4 Å². The van der Waals surface area contributed by atoms with Crippen molar-refractivity contribution in [2.24, 2.45) is 11.8 Å². The largest absolute Gasteiger partial charge is 0.463 e. The van der Waals surface area contributed by atoms with Crippen molar-refractivity contribution in [1.82, 2.24) is 0 Å². The normalized spacial score (nSPS) is 20.9. The Morgan fingerprint density at radius 2 is 1.42 bits per heavy atom. The molecule has 10 heteroatoms. The molecule has 1 aromatic carbocycles. The number of hydrogen-bond acceptors (Lipinski definition) is 10. The van der Waals surface area contributed by atoms with Gasteiger partial charge < -0.3 is 34.6 Å². The van der Waals surface area contributed by atoms with Crippen molar-refractivity contribution in [3.8, 4) is 0 Å². The number of aliphatic hydroxyl groups excluding tert-OH is 4. The third kappa shape index (κ3) is 14.5. The van der Waals surface area contributed by atoms with Crippen LogP contribution in [0.1, 0.15) is 83.6 Å². The Kier molecular flexibility index (Phi) is 17.1. The molecule has 1 saturated carbocycles. The molecule has 2 rings (SSSR count). The van der Waals surface area contributed by atoms with E-state index in [9.17, 15) is 24.6 Å². The van der Waals surface area contributed by atoms with Gasteiger partial charge in [0, 0.05) is 6.42 Å². The highest BCUT2D eigenvalue weighted by atomic mass is 16.6. The van der Waals surface area contributed by atoms with Gasteiger partial charge >= 0.3 is 17.9 Å². The summed E-state index contributed by atoms with van der Waals surface area (Å²) < 4.78 is 15.8. The minimum atomic E-state index is -1.02. The Hall–Kier alpha value is -2.79. The van der Waals surface area contributed by atoms with Crippen molar-refractivity contribution >= 4 is 17.9 Å². The van der Waals surface area contributed by atoms with Crippen molar-refractivity contribution in [3.63, 3.8) is 0 Å². The number of rotatable bonds is 20. The number of aliphatic hydroxyl groups is 4. The van der Waals surface area contributed by atoms with Gasteiger partial charge in [0.25, 0.3) is 0 Å². The Balaban J connectivity index is 1.92. The van der Waals surface area contributed by atoms with Gasteiger partial charge in [0.05, 0.1) is 44.4 Å². The molecule has 43 heavy (non-hydrogen) atoms. The van der Waals surface area contributed by atoms with Gasteiger partial charge in [-0.05, 0) is 82.6 Å². The minimum absolute atomic E-state index is 0.126. The lowest BCUT2D eigenvalue weighted by Gasteiger charge is -2.25. The monoisotopic (exact) mass is 606 g/mol. The number of carbonyl (C=O) groups excluding carboxylic acids is 3. The van der Waals surface area contributed by atoms with Gasteiger partial charge in [0.2, 0.25) is 0 Å². The standard InChI is InChI=1S/C33H50O10/c1-23(2)41-31(38)13-9-4-3-8-12-27-28(30(37)20-29(27)36)17-16-25(15-14-24-10-6-5-7-11-24)42-32(39)18-19-33(40)43-26(21-34)22-35/h3,5-8,10-11,23,25-30,34-37H,4,9,12-22H2,1-2H3/t25-,27+,28+,29-,30+/m0/s1. The molecule has 1 aliphatic carbocycles. The first-order chi connectivity index (χ1) is 20.6. The maximum Gasteiger partial charge on any atom is 0.306 e. The molecule has 0 heterocycles. The fraction of sp³-hybridized carbons (Fsp3) is 0.667. The van der Waals surface area contributed by atoms with Crippen LogP contribution in [0.5, 0.6) is 0 Å². The zero-order chi connectivity index (χ0) is 31.6. The van der Waals surface area contributed by atoms with Crippen molar-refractivity contribution in [1.29, 1.82) is 0 Å². The van der Waals surface area contributed by atoms with Gasteiger partial charge in [0.1, 0.15) is 12.2 Å². The average molecular weight is 607 g/mol. The maximum atomic E-state index is 12.6. The molecule has 0 spiro atoms. The second kappa shape index (κ2) is 20.2. The van der Waals surface area contributed by atoms with Gasteiger partial charge in [-0.2, -0.15) is 0 Å². The molecule has 1 aromatic rings. The van der Waals surface area contributed by atoms with E-state index in [0.29, 0.717) is 51.4 Å². The molecular formula is C33H50O10. The summed E-state index contributed by atoms with van der Waals surface area (Å²) in [5.74, 6) is -1.77. The first-order valence-corrected chi connectivity index (χ1v) is 15.5. The maximum absolute atomic E-state index is 12.6. The summed E-state index contributed by atoms with van der Waals surface area (Å²) >= 11 is 0. The smallest absolute Gasteiger partial charge is 0.306 e. The number of allylic oxidation sites excluding steroid dienone is 2. The Morgan fingerprint density at radius 1 is 0.814 bits per heavy atom. The predicted octanol–water partition coefficient (Wildman–Crippen LogP) is 3.41. The molecule has 0 unspecified atom stereocenters. The van der Waals surface area contributed by atoms with E-state index in [1.165, 1.54) is 0 Å². The number of hydrogen-bond donors (Lipinski definition) is 4. The van der Waals surface area contributed by atoms with Crippen molar-refractivity contribution in [3.05, 3.63) is 48.0 Å². The summed E-state index contributed by atoms with van der Waals surface area (Å²) in [6, 6.07) is 9.82. The Bertz CT molecular complexity index is 975. The van der Waals surface area contributed by atoms with E-state index in [1.807, 2.05) is 56.3 Å². The van der Waals surface area contributed by atoms with Gasteiger partial charge in [-0.25, -0.2) is 0 Å². The summed E-state index contributed by atoms with van der Waals surface area (Å²) in [7, 11) is 0. The molecule has 0 aromatic heterocycles. The zero-order valence-electron chi connectivity index (χ0n) is 25.5. The molecule has 4 N–H and O–H groups in total. The molecule has 0 amide bonds. The fourth-order valence-corrected chi connectivity index (χ4v) is 5.40. The van der Waals surface area contributed by atoms with Crippen LogP contribution < -0.4 is 0 Å². The average Bonchev–Trinajstić information content (AvgIpc) is 3.25. The molecule has 5 atom stereocenters. The number of unbranched alkanes of at least 4 members (excludes halogenated alkanes) is 1. The highest BCUT2D eigenvalue weighted by Gasteiger charge is 2.40. The van der Waals surface area contributed by atoms with E-state index in [2.05, 4.69) is 0 Å². The van der Waals surface area contributed by atoms with Crippen LogP contribution in [-0.2, 0) is 35.0 Å². The zero-order valence-corrected chi connectivity index (χ0v) is 25.5. The lowest BCUT2D eigenvalue weighted by atomic mass is 9.85. The van der Waals surface area contributed by atoms with Crippen LogP contribution in [-0.4, -0.2) is 82.1 Å². The molecule has 0 radical (unpaired) electrons. The first kappa shape index (κ1) is 36.4. The lowest BCUT2D eigenvalue weighted by molar-refractivity contribution is -0.158. The van der Waals surface area contributed by atoms with E-state index < -0.39 is 49.6 Å². The van der Waals surface area contributed by atoms with Gasteiger partial charge in [0.15, 0.2) is 0 Å². The molecular weight excluding hydrogens is 556 g/mol. The Labute approximate surface area is 255 Å². The van der Waals surface area contributed by atoms with Gasteiger partial charge in [-0.15, -0.1) is 0 Å². The van der Waals surface area contributed by atoms with Crippen LogP contribution in [0.3, 0.4) is 0 Å². The molecule has 1 fully saturated rings. The summed E-state index contributed by atoms with van der Waals surface area (Å²) in [5.41, 5.74) is 1.10. The van der Waals surface area contributed by atoms with Crippen LogP contribution in [0.2, 0.25) is 0 Å². The molecule has 0 aliphatic heterocycles. The van der Waals surface area contributed by atoms with E-state index in [1.54, 1.807) is 0 Å². The van der Waals surface area contributed by atoms with Crippen LogP contribution >= 0.6 is 0 Å². The number of aryl methyl sites for hydroxylation is 1. The highest BCUT2D eigenvalue weighted by molar-refractivity contribution is 5.77. The molecule has 0 bridgehead atoms. The lowest BCUT2D eigenvalue weighted by Crippen LogP contribution is -2.27. The van der Waals surface area contributed by atoms with Crippen molar-refractivity contribution < 1.29 is 49.0 Å². The highest BCUT2D eigenvalue weighted by Crippen LogP contribution is 2.39. The third-order valence-corrected chi connectivity index (χ3v) is 7.67. The van der Waals surface area contributed by atoms with Gasteiger partial charge in [-0.1, -0.05) is 42.5 Å². The predicted molar refractivity (Wildman–Crippen MR) is 160 cm³/mol. The van der Waals surface area contributed by atoms with Crippen LogP contribution in [0.25, 0.3) is 0 Å². The van der Waals surface area contributed by atoms with Gasteiger partial charge in [-0.3, -0.25) is 14.4 Å². The number of benzene rings is 1. The molecule has 0 saturated heterocycles. The second-order valence-corrected chi connectivity index (χ2v) is 11.5. The topological polar surface area (TPSA) is 160 Å². The van der Waals surface area contributed by atoms with Crippen LogP contribution in [0, 0.1) is 11.8 Å². The van der Waals surface area contributed by atoms with E-state index >= 15 is 0 Å². The minimum Gasteiger partial charge on any atom is -0.463 e. The van der Waals surface area contributed by atoms with E-state index in [0.717, 1.165) is 12.0 Å². The first-order valence-electron chi connectivity index (χ1n) is 15.5. The molecule has 242 valence electrons. The third-order valence-electron chi connectivity index (χ3n) is 7.67. The fourth-order valence-electron chi connectivity index (χ4n) is 5.40. The quantitative estimate of drug-likeness (QED) is 0.0750. The number of carbonyl (C=O) groups is 3. The van der Waals surface area contributed by atoms with E-state index in [-0.39, 0.29) is 36.8 Å². The summed E-state index contributed by atoms with van der Waals surface area (Å²) in [4.78, 5) is 36.3.